The van der Waals surface area contributed by atoms with Crippen molar-refractivity contribution in [2.75, 3.05) is 0 Å². The predicted molar refractivity (Wildman–Crippen MR) is 72.0 cm³/mol. The van der Waals surface area contributed by atoms with Crippen LogP contribution in [0.2, 0.25) is 0 Å². The molecule has 2 nitrogen and oxygen atoms in total. The van der Waals surface area contributed by atoms with Gasteiger partial charge in [0.05, 0.1) is 5.70 Å². The smallest absolute Gasteiger partial charge is 0.227 e. The second-order valence-corrected chi connectivity index (χ2v) is 5.45. The molecule has 0 aromatic heterocycles. The predicted octanol–water partition coefficient (Wildman–Crippen LogP) is 3.37. The molecule has 2 aliphatic rings. The van der Waals surface area contributed by atoms with Gasteiger partial charge in [0.25, 0.3) is 0 Å². The summed E-state index contributed by atoms with van der Waals surface area (Å²) in [6, 6.07) is 8.56. The van der Waals surface area contributed by atoms with E-state index >= 15 is 0 Å². The Hall–Kier alpha value is -1.57. The Labute approximate surface area is 108 Å². The lowest BCUT2D eigenvalue weighted by Gasteiger charge is -2.10. The number of aryl methyl sites for hydroxylation is 1. The molecule has 94 valence electrons. The van der Waals surface area contributed by atoms with E-state index in [0.717, 1.165) is 12.8 Å². The lowest BCUT2D eigenvalue weighted by molar-refractivity contribution is -0.126. The highest BCUT2D eigenvalue weighted by atomic mass is 16.2. The molecule has 1 unspecified atom stereocenters. The third kappa shape index (κ3) is 1.26. The lowest BCUT2D eigenvalue weighted by atomic mass is 9.98. The minimum absolute atomic E-state index is 0.0808. The van der Waals surface area contributed by atoms with Gasteiger partial charge in [-0.05, 0) is 37.8 Å². The standard InChI is InChI=1S/C16H19NO/c1-4-14(18)17-15(11(2)3)16(17)10-9-12-7-5-6-8-13(12)16/h5-8H,4,9-10H2,1-3H3. The molecule has 18 heavy (non-hydrogen) atoms. The van der Waals surface area contributed by atoms with E-state index in [9.17, 15) is 4.79 Å². The maximum absolute atomic E-state index is 12.2. The van der Waals surface area contributed by atoms with E-state index in [-0.39, 0.29) is 11.4 Å². The number of allylic oxidation sites excluding steroid dienone is 1. The van der Waals surface area contributed by atoms with Gasteiger partial charge in [0, 0.05) is 6.42 Å². The summed E-state index contributed by atoms with van der Waals surface area (Å²) in [5.74, 6) is 0.253. The number of amides is 1. The molecule has 1 atom stereocenters. The second kappa shape index (κ2) is 3.71. The number of fused-ring (bicyclic) bond motifs is 2. The third-order valence-electron chi connectivity index (χ3n) is 4.19. The summed E-state index contributed by atoms with van der Waals surface area (Å²) in [4.78, 5) is 14.2. The van der Waals surface area contributed by atoms with Crippen molar-refractivity contribution in [3.8, 4) is 0 Å². The van der Waals surface area contributed by atoms with E-state index in [4.69, 9.17) is 0 Å². The van der Waals surface area contributed by atoms with Crippen molar-refractivity contribution in [3.05, 3.63) is 46.7 Å². The highest BCUT2D eigenvalue weighted by molar-refractivity contribution is 5.86. The average molecular weight is 241 g/mol. The first-order chi connectivity index (χ1) is 8.63. The lowest BCUT2D eigenvalue weighted by Crippen LogP contribution is -2.18. The van der Waals surface area contributed by atoms with Crippen LogP contribution in [0.25, 0.3) is 0 Å². The number of hydrogen-bond acceptors (Lipinski definition) is 1. The van der Waals surface area contributed by atoms with Crippen LogP contribution in [-0.2, 0) is 16.8 Å². The zero-order valence-corrected chi connectivity index (χ0v) is 11.3. The maximum atomic E-state index is 12.2. The first-order valence-electron chi connectivity index (χ1n) is 6.72. The molecule has 1 aliphatic carbocycles. The van der Waals surface area contributed by atoms with E-state index in [1.165, 1.54) is 22.4 Å². The summed E-state index contributed by atoms with van der Waals surface area (Å²) >= 11 is 0. The van der Waals surface area contributed by atoms with Crippen LogP contribution in [0, 0.1) is 0 Å². The first-order valence-corrected chi connectivity index (χ1v) is 6.72. The summed E-state index contributed by atoms with van der Waals surface area (Å²) in [5.41, 5.74) is 5.20. The van der Waals surface area contributed by atoms with Crippen molar-refractivity contribution in [3.63, 3.8) is 0 Å². The van der Waals surface area contributed by atoms with Crippen molar-refractivity contribution in [1.82, 2.24) is 4.90 Å². The molecule has 0 N–H and O–H groups in total. The van der Waals surface area contributed by atoms with E-state index in [2.05, 4.69) is 38.1 Å². The highest BCUT2D eigenvalue weighted by Crippen LogP contribution is 2.62. The third-order valence-corrected chi connectivity index (χ3v) is 4.19. The summed E-state index contributed by atoms with van der Waals surface area (Å²) in [5, 5.41) is 0. The highest BCUT2D eigenvalue weighted by Gasteiger charge is 2.64. The molecule has 1 fully saturated rings. The zero-order chi connectivity index (χ0) is 12.9. The first kappa shape index (κ1) is 11.5. The normalized spacial score (nSPS) is 24.4. The Morgan fingerprint density at radius 1 is 1.33 bits per heavy atom. The Bertz CT molecular complexity index is 554. The Morgan fingerprint density at radius 2 is 2.06 bits per heavy atom. The van der Waals surface area contributed by atoms with Crippen LogP contribution in [0.3, 0.4) is 0 Å². The van der Waals surface area contributed by atoms with Gasteiger partial charge in [-0.2, -0.15) is 0 Å². The van der Waals surface area contributed by atoms with E-state index in [1.54, 1.807) is 0 Å². The average Bonchev–Trinajstić information content (AvgIpc) is 2.91. The minimum atomic E-state index is -0.0808. The van der Waals surface area contributed by atoms with Gasteiger partial charge in [0.15, 0.2) is 0 Å². The number of hydrogen-bond donors (Lipinski definition) is 0. The molecular formula is C16H19NO. The molecule has 0 bridgehead atoms. The molecule has 2 heteroatoms. The quantitative estimate of drug-likeness (QED) is 0.690. The van der Waals surface area contributed by atoms with Gasteiger partial charge >= 0.3 is 0 Å². The van der Waals surface area contributed by atoms with Gasteiger partial charge in [-0.15, -0.1) is 0 Å². The van der Waals surface area contributed by atoms with Gasteiger partial charge in [0.1, 0.15) is 5.54 Å². The van der Waals surface area contributed by atoms with Gasteiger partial charge in [-0.1, -0.05) is 36.8 Å². The fourth-order valence-corrected chi connectivity index (χ4v) is 3.49. The molecule has 1 spiro atoms. The Morgan fingerprint density at radius 3 is 2.72 bits per heavy atom. The van der Waals surface area contributed by atoms with Crippen LogP contribution in [-0.4, -0.2) is 10.8 Å². The van der Waals surface area contributed by atoms with Gasteiger partial charge in [0.2, 0.25) is 5.91 Å². The van der Waals surface area contributed by atoms with Crippen LogP contribution < -0.4 is 0 Å². The van der Waals surface area contributed by atoms with Crippen LogP contribution in [0.5, 0.6) is 0 Å². The van der Waals surface area contributed by atoms with Crippen LogP contribution in [0.4, 0.5) is 0 Å². The topological polar surface area (TPSA) is 20.1 Å². The summed E-state index contributed by atoms with van der Waals surface area (Å²) in [7, 11) is 0. The fourth-order valence-electron chi connectivity index (χ4n) is 3.49. The zero-order valence-electron chi connectivity index (χ0n) is 11.3. The van der Waals surface area contributed by atoms with Crippen molar-refractivity contribution in [2.45, 2.75) is 45.6 Å². The van der Waals surface area contributed by atoms with Crippen molar-refractivity contribution < 1.29 is 4.79 Å². The van der Waals surface area contributed by atoms with Crippen LogP contribution in [0.15, 0.2) is 35.5 Å². The fraction of sp³-hybridized carbons (Fsp3) is 0.438. The molecular weight excluding hydrogens is 222 g/mol. The SMILES string of the molecule is CCC(=O)N1C(=C(C)C)C12CCc1ccccc12. The second-order valence-electron chi connectivity index (χ2n) is 5.45. The van der Waals surface area contributed by atoms with Crippen molar-refractivity contribution in [2.24, 2.45) is 0 Å². The monoisotopic (exact) mass is 241 g/mol. The molecule has 1 aliphatic heterocycles. The number of nitrogens with zero attached hydrogens (tertiary/aromatic N) is 1. The van der Waals surface area contributed by atoms with Crippen LogP contribution in [0.1, 0.15) is 44.7 Å². The van der Waals surface area contributed by atoms with Crippen molar-refractivity contribution >= 4 is 5.91 Å². The van der Waals surface area contributed by atoms with E-state index in [1.807, 2.05) is 11.8 Å². The number of carbonyl (C=O) groups excluding carboxylic acids is 1. The summed E-state index contributed by atoms with van der Waals surface area (Å²) in [6.45, 7) is 6.17. The number of carbonyl (C=O) groups is 1. The van der Waals surface area contributed by atoms with E-state index < -0.39 is 0 Å². The molecule has 0 saturated carbocycles. The number of rotatable bonds is 1. The number of benzene rings is 1. The summed E-state index contributed by atoms with van der Waals surface area (Å²) in [6.07, 6.45) is 2.72. The van der Waals surface area contributed by atoms with Crippen molar-refractivity contribution in [1.29, 1.82) is 0 Å². The molecule has 1 aromatic carbocycles. The molecule has 1 saturated heterocycles. The van der Waals surface area contributed by atoms with Crippen LogP contribution >= 0.6 is 0 Å². The molecule has 1 heterocycles. The Balaban J connectivity index is 2.13. The molecule has 1 amide bonds. The summed E-state index contributed by atoms with van der Waals surface area (Å²) < 4.78 is 0. The van der Waals surface area contributed by atoms with Gasteiger partial charge in [-0.25, -0.2) is 0 Å². The van der Waals surface area contributed by atoms with Gasteiger partial charge < -0.3 is 0 Å². The maximum Gasteiger partial charge on any atom is 0.227 e. The van der Waals surface area contributed by atoms with E-state index in [0.29, 0.717) is 6.42 Å². The Kier molecular flexibility index (Phi) is 2.37. The molecule has 1 aromatic rings. The molecule has 0 radical (unpaired) electrons. The van der Waals surface area contributed by atoms with Gasteiger partial charge in [-0.3, -0.25) is 9.69 Å². The minimum Gasteiger partial charge on any atom is -0.298 e. The largest absolute Gasteiger partial charge is 0.298 e. The molecule has 3 rings (SSSR count).